The fourth-order valence-corrected chi connectivity index (χ4v) is 3.06. The summed E-state index contributed by atoms with van der Waals surface area (Å²) in [7, 11) is 0. The Kier molecular flexibility index (Phi) is 3.46. The Labute approximate surface area is 125 Å². The third-order valence-electron chi connectivity index (χ3n) is 2.90. The number of imidazole rings is 1. The van der Waals surface area contributed by atoms with Crippen molar-refractivity contribution in [3.8, 4) is 5.00 Å². The predicted octanol–water partition coefficient (Wildman–Crippen LogP) is 3.49. The van der Waals surface area contributed by atoms with E-state index in [1.54, 1.807) is 6.33 Å². The minimum Gasteiger partial charge on any atom is -0.352 e. The highest BCUT2D eigenvalue weighted by molar-refractivity contribution is 7.16. The van der Waals surface area contributed by atoms with Gasteiger partial charge in [-0.05, 0) is 37.3 Å². The molecule has 3 rings (SSSR count). The fourth-order valence-electron chi connectivity index (χ4n) is 1.99. The van der Waals surface area contributed by atoms with Crippen LogP contribution in [-0.4, -0.2) is 22.0 Å². The molecule has 0 aliphatic rings. The molecule has 0 unspecified atom stereocenters. The largest absolute Gasteiger partial charge is 0.352 e. The first-order valence-corrected chi connectivity index (χ1v) is 7.39. The molecule has 0 radical (unpaired) electrons. The first-order valence-electron chi connectivity index (χ1n) is 6.20. The predicted molar refractivity (Wildman–Crippen MR) is 82.0 cm³/mol. The number of benzene rings is 1. The van der Waals surface area contributed by atoms with Gasteiger partial charge in [-0.2, -0.15) is 0 Å². The summed E-state index contributed by atoms with van der Waals surface area (Å²) in [5, 5.41) is 4.41. The summed E-state index contributed by atoms with van der Waals surface area (Å²) >= 11 is 7.39. The van der Waals surface area contributed by atoms with E-state index in [9.17, 15) is 4.79 Å². The highest BCUT2D eigenvalue weighted by Crippen LogP contribution is 2.26. The number of hydrogen-bond acceptors (Lipinski definition) is 3. The second-order valence-corrected chi connectivity index (χ2v) is 5.74. The number of thiophene rings is 1. The van der Waals surface area contributed by atoms with Crippen LogP contribution in [0.1, 0.15) is 16.6 Å². The molecule has 0 aliphatic heterocycles. The van der Waals surface area contributed by atoms with E-state index < -0.39 is 0 Å². The van der Waals surface area contributed by atoms with E-state index in [0.717, 1.165) is 16.0 Å². The molecule has 1 aromatic carbocycles. The number of nitrogens with one attached hydrogen (secondary N) is 1. The van der Waals surface area contributed by atoms with Crippen molar-refractivity contribution in [3.63, 3.8) is 0 Å². The van der Waals surface area contributed by atoms with E-state index in [1.807, 2.05) is 41.8 Å². The van der Waals surface area contributed by atoms with Gasteiger partial charge in [-0.1, -0.05) is 11.6 Å². The molecule has 0 spiro atoms. The number of nitrogens with zero attached hydrogens (tertiary/aromatic N) is 2. The summed E-state index contributed by atoms with van der Waals surface area (Å²) < 4.78 is 1.96. The number of amides is 1. The number of halogens is 1. The quantitative estimate of drug-likeness (QED) is 0.805. The Morgan fingerprint density at radius 3 is 3.05 bits per heavy atom. The zero-order chi connectivity index (χ0) is 14.1. The standard InChI is InChI=1S/C14H12ClN3OS/c1-2-16-14(19)12-5-6-13(20-12)18-8-17-10-7-9(15)3-4-11(10)18/h3-8H,2H2,1H3,(H,16,19). The third kappa shape index (κ3) is 2.30. The number of fused-ring (bicyclic) bond motifs is 1. The van der Waals surface area contributed by atoms with Crippen LogP contribution in [0.5, 0.6) is 0 Å². The topological polar surface area (TPSA) is 46.9 Å². The molecule has 1 amide bonds. The summed E-state index contributed by atoms with van der Waals surface area (Å²) in [4.78, 5) is 16.8. The molecule has 0 saturated heterocycles. The Morgan fingerprint density at radius 1 is 1.40 bits per heavy atom. The van der Waals surface area contributed by atoms with Crippen molar-refractivity contribution >= 4 is 39.9 Å². The molecule has 1 N–H and O–H groups in total. The van der Waals surface area contributed by atoms with Crippen molar-refractivity contribution in [2.45, 2.75) is 6.92 Å². The van der Waals surface area contributed by atoms with E-state index in [2.05, 4.69) is 10.3 Å². The number of aromatic nitrogens is 2. The smallest absolute Gasteiger partial charge is 0.261 e. The molecule has 0 fully saturated rings. The molecule has 4 nitrogen and oxygen atoms in total. The number of hydrogen-bond donors (Lipinski definition) is 1. The van der Waals surface area contributed by atoms with Gasteiger partial charge >= 0.3 is 0 Å². The first-order chi connectivity index (χ1) is 9.69. The maximum atomic E-state index is 11.8. The lowest BCUT2D eigenvalue weighted by atomic mass is 10.3. The van der Waals surface area contributed by atoms with Crippen LogP contribution in [0.15, 0.2) is 36.7 Å². The average molecular weight is 306 g/mol. The van der Waals surface area contributed by atoms with Gasteiger partial charge in [0.1, 0.15) is 11.3 Å². The molecular weight excluding hydrogens is 294 g/mol. The number of carbonyl (C=O) groups is 1. The molecule has 0 aliphatic carbocycles. The van der Waals surface area contributed by atoms with Crippen LogP contribution in [0, 0.1) is 0 Å². The molecule has 0 atom stereocenters. The number of rotatable bonds is 3. The van der Waals surface area contributed by atoms with Crippen LogP contribution >= 0.6 is 22.9 Å². The van der Waals surface area contributed by atoms with Gasteiger partial charge in [-0.25, -0.2) is 4.98 Å². The lowest BCUT2D eigenvalue weighted by Crippen LogP contribution is -2.21. The van der Waals surface area contributed by atoms with Crippen molar-refractivity contribution in [1.82, 2.24) is 14.9 Å². The first kappa shape index (κ1) is 13.1. The molecule has 0 saturated carbocycles. The van der Waals surface area contributed by atoms with Gasteiger partial charge in [-0.15, -0.1) is 11.3 Å². The van der Waals surface area contributed by atoms with Crippen LogP contribution in [0.25, 0.3) is 16.0 Å². The summed E-state index contributed by atoms with van der Waals surface area (Å²) in [6.07, 6.45) is 1.74. The normalized spacial score (nSPS) is 10.9. The van der Waals surface area contributed by atoms with E-state index in [-0.39, 0.29) is 5.91 Å². The second kappa shape index (κ2) is 5.26. The van der Waals surface area contributed by atoms with Crippen LogP contribution < -0.4 is 5.32 Å². The Bertz CT molecular complexity index is 778. The van der Waals surface area contributed by atoms with Crippen LogP contribution in [0.3, 0.4) is 0 Å². The Balaban J connectivity index is 2.01. The fraction of sp³-hybridized carbons (Fsp3) is 0.143. The average Bonchev–Trinajstić information content (AvgIpc) is 3.04. The number of carbonyl (C=O) groups excluding carboxylic acids is 1. The zero-order valence-corrected chi connectivity index (χ0v) is 12.3. The third-order valence-corrected chi connectivity index (χ3v) is 4.22. The molecule has 102 valence electrons. The Hall–Kier alpha value is -1.85. The van der Waals surface area contributed by atoms with Crippen molar-refractivity contribution in [3.05, 3.63) is 46.6 Å². The van der Waals surface area contributed by atoms with Gasteiger partial charge in [-0.3, -0.25) is 9.36 Å². The van der Waals surface area contributed by atoms with Gasteiger partial charge < -0.3 is 5.32 Å². The van der Waals surface area contributed by atoms with Gasteiger partial charge in [0.25, 0.3) is 5.91 Å². The van der Waals surface area contributed by atoms with Crippen LogP contribution in [0.4, 0.5) is 0 Å². The summed E-state index contributed by atoms with van der Waals surface area (Å²) in [6, 6.07) is 9.33. The summed E-state index contributed by atoms with van der Waals surface area (Å²) in [6.45, 7) is 2.53. The van der Waals surface area contributed by atoms with Gasteiger partial charge in [0, 0.05) is 11.6 Å². The van der Waals surface area contributed by atoms with E-state index in [4.69, 9.17) is 11.6 Å². The molecule has 20 heavy (non-hydrogen) atoms. The highest BCUT2D eigenvalue weighted by atomic mass is 35.5. The molecule has 3 aromatic rings. The van der Waals surface area contributed by atoms with Crippen LogP contribution in [-0.2, 0) is 0 Å². The van der Waals surface area contributed by atoms with Gasteiger partial charge in [0.2, 0.25) is 0 Å². The lowest BCUT2D eigenvalue weighted by molar-refractivity contribution is 0.0960. The molecule has 2 aromatic heterocycles. The van der Waals surface area contributed by atoms with E-state index in [0.29, 0.717) is 16.4 Å². The SMILES string of the molecule is CCNC(=O)c1ccc(-n2cnc3cc(Cl)ccc32)s1. The van der Waals surface area contributed by atoms with E-state index >= 15 is 0 Å². The molecular formula is C14H12ClN3OS. The van der Waals surface area contributed by atoms with Crippen molar-refractivity contribution in [2.24, 2.45) is 0 Å². The van der Waals surface area contributed by atoms with Crippen molar-refractivity contribution < 1.29 is 4.79 Å². The zero-order valence-electron chi connectivity index (χ0n) is 10.8. The molecule has 6 heteroatoms. The van der Waals surface area contributed by atoms with Crippen molar-refractivity contribution in [1.29, 1.82) is 0 Å². The van der Waals surface area contributed by atoms with Gasteiger partial charge in [0.05, 0.1) is 15.9 Å². The molecule has 0 bridgehead atoms. The maximum Gasteiger partial charge on any atom is 0.261 e. The monoisotopic (exact) mass is 305 g/mol. The highest BCUT2D eigenvalue weighted by Gasteiger charge is 2.11. The summed E-state index contributed by atoms with van der Waals surface area (Å²) in [5.74, 6) is -0.0452. The minimum absolute atomic E-state index is 0.0452. The van der Waals surface area contributed by atoms with Crippen LogP contribution in [0.2, 0.25) is 5.02 Å². The van der Waals surface area contributed by atoms with Crippen molar-refractivity contribution in [2.75, 3.05) is 6.54 Å². The second-order valence-electron chi connectivity index (χ2n) is 4.24. The Morgan fingerprint density at radius 2 is 2.25 bits per heavy atom. The minimum atomic E-state index is -0.0452. The lowest BCUT2D eigenvalue weighted by Gasteiger charge is -2.00. The van der Waals surface area contributed by atoms with E-state index in [1.165, 1.54) is 11.3 Å². The molecule has 2 heterocycles. The van der Waals surface area contributed by atoms with Gasteiger partial charge in [0.15, 0.2) is 0 Å². The summed E-state index contributed by atoms with van der Waals surface area (Å²) in [5.41, 5.74) is 1.81. The maximum absolute atomic E-state index is 11.8.